The van der Waals surface area contributed by atoms with Gasteiger partial charge in [0.2, 0.25) is 5.91 Å². The van der Waals surface area contributed by atoms with Gasteiger partial charge in [-0.05, 0) is 13.8 Å². The minimum absolute atomic E-state index is 0.130. The van der Waals surface area contributed by atoms with Gasteiger partial charge in [0.25, 0.3) is 0 Å². The first kappa shape index (κ1) is 17.6. The molecule has 1 aliphatic rings. The van der Waals surface area contributed by atoms with E-state index in [4.69, 9.17) is 9.26 Å². The molecule has 9 nitrogen and oxygen atoms in total. The van der Waals surface area contributed by atoms with E-state index in [1.165, 1.54) is 0 Å². The van der Waals surface area contributed by atoms with E-state index in [1.807, 2.05) is 20.8 Å². The van der Waals surface area contributed by atoms with Gasteiger partial charge < -0.3 is 14.6 Å². The number of aromatic nitrogens is 4. The van der Waals surface area contributed by atoms with Gasteiger partial charge in [-0.3, -0.25) is 14.8 Å². The molecule has 0 aromatic carbocycles. The van der Waals surface area contributed by atoms with Crippen LogP contribution in [-0.2, 0) is 9.53 Å². The lowest BCUT2D eigenvalue weighted by atomic mass is 10.2. The van der Waals surface area contributed by atoms with Gasteiger partial charge in [0.15, 0.2) is 17.5 Å². The summed E-state index contributed by atoms with van der Waals surface area (Å²) in [5.74, 6) is 2.67. The molecule has 1 aliphatic heterocycles. The fourth-order valence-electron chi connectivity index (χ4n) is 2.70. The maximum Gasteiger partial charge on any atom is 0.242 e. The Morgan fingerprint density at radius 1 is 1.44 bits per heavy atom. The summed E-state index contributed by atoms with van der Waals surface area (Å²) in [6.45, 7) is 9.50. The SMILES string of the molecule is Cc1cc(NC(=O)[C@H](C)N2CCO[C@@H](c3nc(C(C)C)n[nH]3)C2)no1. The first-order chi connectivity index (χ1) is 11.9. The van der Waals surface area contributed by atoms with E-state index >= 15 is 0 Å². The van der Waals surface area contributed by atoms with Crippen molar-refractivity contribution in [2.24, 2.45) is 0 Å². The fraction of sp³-hybridized carbons (Fsp3) is 0.625. The van der Waals surface area contributed by atoms with Crippen molar-refractivity contribution in [3.8, 4) is 0 Å². The topological polar surface area (TPSA) is 109 Å². The van der Waals surface area contributed by atoms with Crippen molar-refractivity contribution in [1.82, 2.24) is 25.2 Å². The summed E-state index contributed by atoms with van der Waals surface area (Å²) < 4.78 is 10.8. The Morgan fingerprint density at radius 3 is 2.88 bits per heavy atom. The second kappa shape index (κ2) is 7.32. The molecule has 2 N–H and O–H groups in total. The Kier molecular flexibility index (Phi) is 5.14. The predicted octanol–water partition coefficient (Wildman–Crippen LogP) is 1.63. The van der Waals surface area contributed by atoms with E-state index in [9.17, 15) is 4.79 Å². The highest BCUT2D eigenvalue weighted by molar-refractivity contribution is 5.93. The number of hydrogen-bond donors (Lipinski definition) is 2. The molecule has 0 unspecified atom stereocenters. The van der Waals surface area contributed by atoms with Gasteiger partial charge in [0.1, 0.15) is 11.9 Å². The third-order valence-corrected chi connectivity index (χ3v) is 4.25. The monoisotopic (exact) mass is 348 g/mol. The number of aryl methyl sites for hydroxylation is 1. The molecule has 0 spiro atoms. The first-order valence-electron chi connectivity index (χ1n) is 8.46. The van der Waals surface area contributed by atoms with Crippen molar-refractivity contribution in [2.45, 2.75) is 45.8 Å². The van der Waals surface area contributed by atoms with Crippen molar-refractivity contribution < 1.29 is 14.1 Å². The van der Waals surface area contributed by atoms with Crippen LogP contribution in [0.2, 0.25) is 0 Å². The number of morpholine rings is 1. The van der Waals surface area contributed by atoms with E-state index in [1.54, 1.807) is 13.0 Å². The van der Waals surface area contributed by atoms with Crippen LogP contribution >= 0.6 is 0 Å². The van der Waals surface area contributed by atoms with Crippen molar-refractivity contribution >= 4 is 11.7 Å². The Balaban J connectivity index is 1.62. The number of rotatable bonds is 5. The van der Waals surface area contributed by atoms with Gasteiger partial charge in [-0.15, -0.1) is 0 Å². The summed E-state index contributed by atoms with van der Waals surface area (Å²) in [5.41, 5.74) is 0. The van der Waals surface area contributed by atoms with Crippen LogP contribution in [0, 0.1) is 6.92 Å². The molecular weight excluding hydrogens is 324 g/mol. The summed E-state index contributed by atoms with van der Waals surface area (Å²) in [7, 11) is 0. The van der Waals surface area contributed by atoms with Crippen LogP contribution in [0.4, 0.5) is 5.82 Å². The second-order valence-electron chi connectivity index (χ2n) is 6.58. The Labute approximate surface area is 146 Å². The van der Waals surface area contributed by atoms with Gasteiger partial charge in [0.05, 0.1) is 12.6 Å². The first-order valence-corrected chi connectivity index (χ1v) is 8.46. The van der Waals surface area contributed by atoms with Crippen LogP contribution in [0.3, 0.4) is 0 Å². The molecule has 2 atom stereocenters. The molecule has 3 rings (SSSR count). The maximum atomic E-state index is 12.4. The van der Waals surface area contributed by atoms with Crippen LogP contribution in [0.5, 0.6) is 0 Å². The maximum absolute atomic E-state index is 12.4. The Hall–Kier alpha value is -2.26. The van der Waals surface area contributed by atoms with Crippen LogP contribution in [-0.4, -0.2) is 56.9 Å². The molecule has 0 saturated carbocycles. The summed E-state index contributed by atoms with van der Waals surface area (Å²) in [6.07, 6.45) is -0.224. The number of aromatic amines is 1. The summed E-state index contributed by atoms with van der Waals surface area (Å²) in [5, 5.41) is 13.7. The lowest BCUT2D eigenvalue weighted by Crippen LogP contribution is -2.48. The highest BCUT2D eigenvalue weighted by atomic mass is 16.5. The van der Waals surface area contributed by atoms with Gasteiger partial charge in [-0.2, -0.15) is 5.10 Å². The molecule has 2 aromatic rings. The number of H-pyrrole nitrogens is 1. The van der Waals surface area contributed by atoms with E-state index in [0.717, 1.165) is 5.82 Å². The molecule has 0 aliphatic carbocycles. The molecule has 1 amide bonds. The van der Waals surface area contributed by atoms with Crippen LogP contribution in [0.15, 0.2) is 10.6 Å². The number of amides is 1. The average molecular weight is 348 g/mol. The van der Waals surface area contributed by atoms with Crippen molar-refractivity contribution in [1.29, 1.82) is 0 Å². The van der Waals surface area contributed by atoms with E-state index < -0.39 is 0 Å². The lowest BCUT2D eigenvalue weighted by molar-refractivity contribution is -0.124. The number of anilines is 1. The number of carbonyl (C=O) groups excluding carboxylic acids is 1. The summed E-state index contributed by atoms with van der Waals surface area (Å²) in [6, 6.07) is 1.37. The molecule has 136 valence electrons. The highest BCUT2D eigenvalue weighted by Crippen LogP contribution is 2.22. The molecule has 0 radical (unpaired) electrons. The average Bonchev–Trinajstić information content (AvgIpc) is 3.23. The summed E-state index contributed by atoms with van der Waals surface area (Å²) in [4.78, 5) is 19.0. The molecule has 3 heterocycles. The molecule has 1 fully saturated rings. The van der Waals surface area contributed by atoms with E-state index in [-0.39, 0.29) is 24.0 Å². The lowest BCUT2D eigenvalue weighted by Gasteiger charge is -2.35. The number of ether oxygens (including phenoxy) is 1. The number of hydrogen-bond acceptors (Lipinski definition) is 7. The largest absolute Gasteiger partial charge is 0.368 e. The number of nitrogens with one attached hydrogen (secondary N) is 2. The zero-order chi connectivity index (χ0) is 18.0. The smallest absolute Gasteiger partial charge is 0.242 e. The van der Waals surface area contributed by atoms with Gasteiger partial charge in [-0.1, -0.05) is 19.0 Å². The molecule has 1 saturated heterocycles. The van der Waals surface area contributed by atoms with Crippen molar-refractivity contribution in [3.63, 3.8) is 0 Å². The van der Waals surface area contributed by atoms with Gasteiger partial charge in [0, 0.05) is 25.1 Å². The van der Waals surface area contributed by atoms with Gasteiger partial charge in [-0.25, -0.2) is 4.98 Å². The molecule has 9 heteroatoms. The predicted molar refractivity (Wildman–Crippen MR) is 90.1 cm³/mol. The Bertz CT molecular complexity index is 725. The third kappa shape index (κ3) is 4.05. The minimum atomic E-state index is -0.323. The second-order valence-corrected chi connectivity index (χ2v) is 6.58. The quantitative estimate of drug-likeness (QED) is 0.845. The Morgan fingerprint density at radius 2 is 2.24 bits per heavy atom. The fourth-order valence-corrected chi connectivity index (χ4v) is 2.70. The standard InChI is InChI=1S/C16H24N6O3/c1-9(2)14-18-15(20-19-14)12-8-22(5-6-24-12)11(4)16(23)17-13-7-10(3)25-21-13/h7,9,11-12H,5-6,8H2,1-4H3,(H,17,21,23)(H,18,19,20)/t11-,12+/m0/s1. The summed E-state index contributed by atoms with van der Waals surface area (Å²) >= 11 is 0. The van der Waals surface area contributed by atoms with Crippen molar-refractivity contribution in [3.05, 3.63) is 23.5 Å². The van der Waals surface area contributed by atoms with Crippen molar-refractivity contribution in [2.75, 3.05) is 25.0 Å². The molecule has 25 heavy (non-hydrogen) atoms. The van der Waals surface area contributed by atoms with Gasteiger partial charge >= 0.3 is 0 Å². The highest BCUT2D eigenvalue weighted by Gasteiger charge is 2.30. The number of nitrogens with zero attached hydrogens (tertiary/aromatic N) is 4. The minimum Gasteiger partial charge on any atom is -0.368 e. The van der Waals surface area contributed by atoms with Crippen LogP contribution < -0.4 is 5.32 Å². The normalized spacial score (nSPS) is 20.0. The van der Waals surface area contributed by atoms with Crippen LogP contribution in [0.1, 0.15) is 50.2 Å². The van der Waals surface area contributed by atoms with Crippen LogP contribution in [0.25, 0.3) is 0 Å². The molecule has 0 bridgehead atoms. The number of carbonyl (C=O) groups is 1. The zero-order valence-electron chi connectivity index (χ0n) is 14.9. The van der Waals surface area contributed by atoms with E-state index in [2.05, 4.69) is 30.6 Å². The third-order valence-electron chi connectivity index (χ3n) is 4.25. The van der Waals surface area contributed by atoms with E-state index in [0.29, 0.717) is 37.1 Å². The molecule has 2 aromatic heterocycles. The zero-order valence-corrected chi connectivity index (χ0v) is 14.9. The molecular formula is C16H24N6O3.